The first-order valence-electron chi connectivity index (χ1n) is 9.43. The molecule has 4 heterocycles. The van der Waals surface area contributed by atoms with Gasteiger partial charge in [-0.2, -0.15) is 0 Å². The van der Waals surface area contributed by atoms with Crippen molar-refractivity contribution in [2.45, 2.75) is 32.5 Å². The smallest absolute Gasteiger partial charge is 0.254 e. The second-order valence-electron chi connectivity index (χ2n) is 7.08. The molecule has 1 amide bonds. The second-order valence-corrected chi connectivity index (χ2v) is 7.08. The Balaban J connectivity index is 1.41. The van der Waals surface area contributed by atoms with E-state index >= 15 is 0 Å². The van der Waals surface area contributed by atoms with E-state index in [1.807, 2.05) is 29.4 Å². The Labute approximate surface area is 164 Å². The monoisotopic (exact) mass is 377 g/mol. The normalized spacial score (nSPS) is 20.3. The van der Waals surface area contributed by atoms with Gasteiger partial charge in [0.1, 0.15) is 0 Å². The summed E-state index contributed by atoms with van der Waals surface area (Å²) < 4.78 is 5.33. The maximum Gasteiger partial charge on any atom is 0.254 e. The molecule has 1 saturated heterocycles. The Kier molecular flexibility index (Phi) is 5.16. The maximum absolute atomic E-state index is 12.8. The molecule has 0 spiro atoms. The summed E-state index contributed by atoms with van der Waals surface area (Å²) >= 11 is 0. The summed E-state index contributed by atoms with van der Waals surface area (Å²) in [5.41, 5.74) is 1.73. The zero-order chi connectivity index (χ0) is 19.5. The summed E-state index contributed by atoms with van der Waals surface area (Å²) in [5, 5.41) is 0. The molecule has 3 aromatic rings. The summed E-state index contributed by atoms with van der Waals surface area (Å²) in [5.74, 6) is 1.31. The molecule has 0 radical (unpaired) electrons. The van der Waals surface area contributed by atoms with Gasteiger partial charge in [-0.15, -0.1) is 0 Å². The van der Waals surface area contributed by atoms with Gasteiger partial charge in [-0.25, -0.2) is 9.97 Å². The van der Waals surface area contributed by atoms with Crippen LogP contribution < -0.4 is 0 Å². The van der Waals surface area contributed by atoms with E-state index in [0.717, 1.165) is 18.7 Å². The van der Waals surface area contributed by atoms with Crippen LogP contribution in [0.2, 0.25) is 0 Å². The molecule has 7 nitrogen and oxygen atoms in total. The first kappa shape index (κ1) is 18.3. The van der Waals surface area contributed by atoms with E-state index in [2.05, 4.69) is 33.7 Å². The van der Waals surface area contributed by atoms with Crippen LogP contribution in [-0.4, -0.2) is 55.8 Å². The van der Waals surface area contributed by atoms with E-state index in [1.54, 1.807) is 30.8 Å². The molecule has 4 rings (SSSR count). The minimum Gasteiger partial charge on any atom is -0.461 e. The van der Waals surface area contributed by atoms with Gasteiger partial charge in [-0.05, 0) is 38.1 Å². The van der Waals surface area contributed by atoms with Gasteiger partial charge in [-0.3, -0.25) is 14.7 Å². The fourth-order valence-electron chi connectivity index (χ4n) is 3.58. The fourth-order valence-corrected chi connectivity index (χ4v) is 3.58. The molecule has 0 aliphatic carbocycles. The van der Waals surface area contributed by atoms with Crippen LogP contribution in [-0.2, 0) is 6.54 Å². The third-order valence-electron chi connectivity index (χ3n) is 5.41. The Hall–Kier alpha value is -3.06. The molecule has 3 aromatic heterocycles. The van der Waals surface area contributed by atoms with Crippen molar-refractivity contribution in [3.8, 4) is 11.6 Å². The molecule has 1 fully saturated rings. The number of aromatic nitrogens is 3. The molecular weight excluding hydrogens is 354 g/mol. The minimum absolute atomic E-state index is 0.0625. The third-order valence-corrected chi connectivity index (χ3v) is 5.41. The van der Waals surface area contributed by atoms with E-state index < -0.39 is 0 Å². The maximum atomic E-state index is 12.8. The predicted octanol–water partition coefficient (Wildman–Crippen LogP) is 2.87. The number of hydrogen-bond acceptors (Lipinski definition) is 6. The van der Waals surface area contributed by atoms with Gasteiger partial charge in [0.2, 0.25) is 0 Å². The molecule has 7 heteroatoms. The molecule has 28 heavy (non-hydrogen) atoms. The summed E-state index contributed by atoms with van der Waals surface area (Å²) in [6.45, 7) is 6.52. The van der Waals surface area contributed by atoms with Crippen LogP contribution >= 0.6 is 0 Å². The zero-order valence-electron chi connectivity index (χ0n) is 16.0. The lowest BCUT2D eigenvalue weighted by Crippen LogP contribution is -2.58. The lowest BCUT2D eigenvalue weighted by Gasteiger charge is -2.45. The Morgan fingerprint density at radius 1 is 1.11 bits per heavy atom. The van der Waals surface area contributed by atoms with Crippen LogP contribution in [0.4, 0.5) is 0 Å². The minimum atomic E-state index is 0.0625. The lowest BCUT2D eigenvalue weighted by molar-refractivity contribution is 0.0250. The van der Waals surface area contributed by atoms with Crippen molar-refractivity contribution in [1.82, 2.24) is 24.8 Å². The molecule has 0 saturated carbocycles. The number of rotatable bonds is 4. The SMILES string of the molecule is C[C@@H]1[C@@H](C)N(C(=O)c2ccncc2)CCN1Cc1cnc(-c2ccco2)nc1. The topological polar surface area (TPSA) is 75.4 Å². The molecular formula is C21H23N5O2. The second kappa shape index (κ2) is 7.90. The van der Waals surface area contributed by atoms with E-state index in [0.29, 0.717) is 23.7 Å². The highest BCUT2D eigenvalue weighted by atomic mass is 16.3. The summed E-state index contributed by atoms with van der Waals surface area (Å²) in [6, 6.07) is 7.54. The number of piperazine rings is 1. The summed E-state index contributed by atoms with van der Waals surface area (Å²) in [7, 11) is 0. The van der Waals surface area contributed by atoms with Crippen LogP contribution in [0.3, 0.4) is 0 Å². The van der Waals surface area contributed by atoms with Gasteiger partial charge in [0.15, 0.2) is 11.6 Å². The van der Waals surface area contributed by atoms with Crippen molar-refractivity contribution >= 4 is 5.91 Å². The first-order chi connectivity index (χ1) is 13.6. The number of carbonyl (C=O) groups is 1. The first-order valence-corrected chi connectivity index (χ1v) is 9.43. The average molecular weight is 377 g/mol. The fraction of sp³-hybridized carbons (Fsp3) is 0.333. The van der Waals surface area contributed by atoms with Crippen molar-refractivity contribution in [1.29, 1.82) is 0 Å². The third kappa shape index (κ3) is 3.66. The number of carbonyl (C=O) groups excluding carboxylic acids is 1. The molecule has 0 bridgehead atoms. The van der Waals surface area contributed by atoms with Gasteiger partial charge in [0.05, 0.1) is 6.26 Å². The average Bonchev–Trinajstić information content (AvgIpc) is 3.27. The largest absolute Gasteiger partial charge is 0.461 e. The van der Waals surface area contributed by atoms with Gasteiger partial charge in [-0.1, -0.05) is 0 Å². The van der Waals surface area contributed by atoms with E-state index in [-0.39, 0.29) is 18.0 Å². The Bertz CT molecular complexity index is 912. The van der Waals surface area contributed by atoms with E-state index in [4.69, 9.17) is 4.42 Å². The van der Waals surface area contributed by atoms with Crippen molar-refractivity contribution in [3.05, 3.63) is 66.4 Å². The standard InChI is InChI=1S/C21H23N5O2/c1-15-16(2)26(21(27)18-5-7-22-8-6-18)10-9-25(15)14-17-12-23-20(24-13-17)19-4-3-11-28-19/h3-8,11-13,15-16H,9-10,14H2,1-2H3/t15-,16-/m1/s1. The highest BCUT2D eigenvalue weighted by molar-refractivity contribution is 5.94. The molecule has 0 N–H and O–H groups in total. The highest BCUT2D eigenvalue weighted by Gasteiger charge is 2.33. The number of hydrogen-bond donors (Lipinski definition) is 0. The van der Waals surface area contributed by atoms with Crippen molar-refractivity contribution in [2.75, 3.05) is 13.1 Å². The van der Waals surface area contributed by atoms with Crippen LogP contribution in [0.15, 0.2) is 59.7 Å². The predicted molar refractivity (Wildman–Crippen MR) is 104 cm³/mol. The van der Waals surface area contributed by atoms with Crippen molar-refractivity contribution in [3.63, 3.8) is 0 Å². The Morgan fingerprint density at radius 2 is 1.86 bits per heavy atom. The summed E-state index contributed by atoms with van der Waals surface area (Å²) in [4.78, 5) is 30.0. The lowest BCUT2D eigenvalue weighted by atomic mass is 10.0. The quantitative estimate of drug-likeness (QED) is 0.696. The number of nitrogens with zero attached hydrogens (tertiary/aromatic N) is 5. The molecule has 2 atom stereocenters. The number of pyridine rings is 1. The van der Waals surface area contributed by atoms with Crippen molar-refractivity contribution in [2.24, 2.45) is 0 Å². The van der Waals surface area contributed by atoms with Gasteiger partial charge >= 0.3 is 0 Å². The van der Waals surface area contributed by atoms with Crippen LogP contribution in [0.1, 0.15) is 29.8 Å². The Morgan fingerprint density at radius 3 is 2.54 bits per heavy atom. The molecule has 1 aliphatic heterocycles. The van der Waals surface area contributed by atoms with Gasteiger partial charge < -0.3 is 9.32 Å². The molecule has 1 aliphatic rings. The molecule has 0 aromatic carbocycles. The van der Waals surface area contributed by atoms with Crippen molar-refractivity contribution < 1.29 is 9.21 Å². The van der Waals surface area contributed by atoms with Crippen LogP contribution in [0.25, 0.3) is 11.6 Å². The number of amides is 1. The number of furan rings is 1. The highest BCUT2D eigenvalue weighted by Crippen LogP contribution is 2.22. The molecule has 144 valence electrons. The van der Waals surface area contributed by atoms with Crippen LogP contribution in [0, 0.1) is 0 Å². The van der Waals surface area contributed by atoms with E-state index in [1.165, 1.54) is 0 Å². The van der Waals surface area contributed by atoms with Crippen LogP contribution in [0.5, 0.6) is 0 Å². The zero-order valence-corrected chi connectivity index (χ0v) is 16.0. The molecule has 0 unspecified atom stereocenters. The van der Waals surface area contributed by atoms with E-state index in [9.17, 15) is 4.79 Å². The van der Waals surface area contributed by atoms with Gasteiger partial charge in [0, 0.05) is 67.6 Å². The van der Waals surface area contributed by atoms with Gasteiger partial charge in [0.25, 0.3) is 5.91 Å². The summed E-state index contributed by atoms with van der Waals surface area (Å²) in [6.07, 6.45) is 8.61.